The Kier molecular flexibility index (Phi) is 6.33. The van der Waals surface area contributed by atoms with Crippen LogP contribution in [0.2, 0.25) is 0 Å². The van der Waals surface area contributed by atoms with E-state index in [4.69, 9.17) is 10.2 Å². The minimum atomic E-state index is -1.24. The predicted octanol–water partition coefficient (Wildman–Crippen LogP) is 3.84. The van der Waals surface area contributed by atoms with Crippen molar-refractivity contribution in [2.75, 3.05) is 0 Å². The zero-order valence-electron chi connectivity index (χ0n) is 14.0. The molecule has 0 heterocycles. The van der Waals surface area contributed by atoms with Gasteiger partial charge in [0.1, 0.15) is 5.82 Å². The smallest absolute Gasteiger partial charge is 0.303 e. The number of rotatable bonds is 8. The van der Waals surface area contributed by atoms with Gasteiger partial charge in [0.05, 0.1) is 6.42 Å². The molecule has 0 aliphatic heterocycles. The van der Waals surface area contributed by atoms with E-state index < -0.39 is 41.6 Å². The molecule has 0 saturated heterocycles. The molecule has 0 aliphatic rings. The van der Waals surface area contributed by atoms with Gasteiger partial charge in [-0.15, -0.1) is 0 Å². The molecule has 27 heavy (non-hydrogen) atoms. The summed E-state index contributed by atoms with van der Waals surface area (Å²) in [5, 5.41) is 17.4. The van der Waals surface area contributed by atoms with Gasteiger partial charge in [-0.2, -0.15) is 0 Å². The van der Waals surface area contributed by atoms with Crippen molar-refractivity contribution in [1.82, 2.24) is 0 Å². The first-order chi connectivity index (χ1) is 12.7. The topological polar surface area (TPSA) is 91.7 Å². The summed E-state index contributed by atoms with van der Waals surface area (Å²) in [4.78, 5) is 33.4. The number of carboxylic acids is 2. The van der Waals surface area contributed by atoms with E-state index in [1.54, 1.807) is 0 Å². The molecule has 0 amide bonds. The van der Waals surface area contributed by atoms with Gasteiger partial charge in [-0.05, 0) is 47.9 Å². The average molecular weight is 380 g/mol. The fourth-order valence-corrected chi connectivity index (χ4v) is 2.56. The van der Waals surface area contributed by atoms with Crippen molar-refractivity contribution >= 4 is 17.7 Å². The van der Waals surface area contributed by atoms with Crippen molar-refractivity contribution in [1.29, 1.82) is 0 Å². The second-order valence-electron chi connectivity index (χ2n) is 5.83. The lowest BCUT2D eigenvalue weighted by molar-refractivity contribution is -0.137. The first kappa shape index (κ1) is 20.2. The quantitative estimate of drug-likeness (QED) is 0.679. The highest BCUT2D eigenvalue weighted by Gasteiger charge is 2.18. The molecule has 0 aliphatic carbocycles. The summed E-state index contributed by atoms with van der Waals surface area (Å²) < 4.78 is 41.6. The first-order valence-electron chi connectivity index (χ1n) is 7.93. The number of halogens is 3. The maximum Gasteiger partial charge on any atom is 0.303 e. The Labute approximate surface area is 152 Å². The molecule has 142 valence electrons. The standard InChI is InChI=1S/C19H15F3O5/c20-14-3-1-11(17(23)4-6-19(26)27)7-13(14)12-9-16(22)15(21)8-10(12)2-5-18(24)25/h1,3,7-9H,2,4-6H2,(H,24,25)(H,26,27). The second kappa shape index (κ2) is 8.48. The molecule has 2 aromatic carbocycles. The van der Waals surface area contributed by atoms with Crippen molar-refractivity contribution in [3.05, 3.63) is 58.9 Å². The Balaban J connectivity index is 2.48. The molecule has 0 fully saturated rings. The van der Waals surface area contributed by atoms with Crippen LogP contribution in [-0.4, -0.2) is 27.9 Å². The number of aliphatic carboxylic acids is 2. The second-order valence-corrected chi connectivity index (χ2v) is 5.83. The highest BCUT2D eigenvalue weighted by molar-refractivity contribution is 5.98. The summed E-state index contributed by atoms with van der Waals surface area (Å²) in [6, 6.07) is 4.80. The number of carboxylic acid groups (broad SMARTS) is 2. The molecule has 0 spiro atoms. The number of carbonyl (C=O) groups is 3. The van der Waals surface area contributed by atoms with Gasteiger partial charge in [-0.3, -0.25) is 14.4 Å². The third-order valence-corrected chi connectivity index (χ3v) is 3.90. The third-order valence-electron chi connectivity index (χ3n) is 3.90. The normalized spacial score (nSPS) is 10.6. The number of aryl methyl sites for hydroxylation is 1. The lowest BCUT2D eigenvalue weighted by Crippen LogP contribution is -2.05. The summed E-state index contributed by atoms with van der Waals surface area (Å²) in [5.74, 6) is -6.13. The van der Waals surface area contributed by atoms with Gasteiger partial charge in [-0.1, -0.05) is 0 Å². The molecule has 8 heteroatoms. The average Bonchev–Trinajstić information content (AvgIpc) is 2.60. The van der Waals surface area contributed by atoms with Crippen LogP contribution >= 0.6 is 0 Å². The fourth-order valence-electron chi connectivity index (χ4n) is 2.56. The van der Waals surface area contributed by atoms with Gasteiger partial charge in [-0.25, -0.2) is 13.2 Å². The molecule has 0 unspecified atom stereocenters. The molecule has 0 radical (unpaired) electrons. The molecule has 2 aromatic rings. The van der Waals surface area contributed by atoms with Crippen LogP contribution in [0.3, 0.4) is 0 Å². The maximum absolute atomic E-state index is 14.3. The molecule has 2 N–H and O–H groups in total. The zero-order valence-corrected chi connectivity index (χ0v) is 14.0. The van der Waals surface area contributed by atoms with Crippen LogP contribution in [0.1, 0.15) is 35.2 Å². The SMILES string of the molecule is O=C(O)CCC(=O)c1ccc(F)c(-c2cc(F)c(F)cc2CCC(=O)O)c1. The molecule has 0 atom stereocenters. The fraction of sp³-hybridized carbons (Fsp3) is 0.211. The van der Waals surface area contributed by atoms with Gasteiger partial charge in [0.2, 0.25) is 0 Å². The van der Waals surface area contributed by atoms with Crippen LogP contribution in [0, 0.1) is 17.5 Å². The minimum Gasteiger partial charge on any atom is -0.481 e. The summed E-state index contributed by atoms with van der Waals surface area (Å²) in [6.07, 6.45) is -1.25. The minimum absolute atomic E-state index is 0.0153. The van der Waals surface area contributed by atoms with Crippen molar-refractivity contribution in [2.24, 2.45) is 0 Å². The van der Waals surface area contributed by atoms with Gasteiger partial charge in [0.15, 0.2) is 17.4 Å². The van der Waals surface area contributed by atoms with E-state index >= 15 is 0 Å². The van der Waals surface area contributed by atoms with Crippen LogP contribution in [0.15, 0.2) is 30.3 Å². The number of hydrogen-bond donors (Lipinski definition) is 2. The van der Waals surface area contributed by atoms with Gasteiger partial charge in [0, 0.05) is 24.0 Å². The Morgan fingerprint density at radius 2 is 1.37 bits per heavy atom. The third kappa shape index (κ3) is 5.16. The molecule has 0 saturated carbocycles. The number of Topliss-reactive ketones (excluding diaryl/α,β-unsaturated/α-hetero) is 1. The number of ketones is 1. The maximum atomic E-state index is 14.3. The van der Waals surface area contributed by atoms with Crippen molar-refractivity contribution in [2.45, 2.75) is 25.7 Å². The monoisotopic (exact) mass is 380 g/mol. The Hall–Kier alpha value is -3.16. The molecular weight excluding hydrogens is 365 g/mol. The van der Waals surface area contributed by atoms with Gasteiger partial charge >= 0.3 is 11.9 Å². The molecule has 0 bridgehead atoms. The number of carbonyl (C=O) groups excluding carboxylic acids is 1. The van der Waals surface area contributed by atoms with E-state index in [2.05, 4.69) is 0 Å². The molecule has 5 nitrogen and oxygen atoms in total. The van der Waals surface area contributed by atoms with Gasteiger partial charge < -0.3 is 10.2 Å². The van der Waals surface area contributed by atoms with Gasteiger partial charge in [0.25, 0.3) is 0 Å². The van der Waals surface area contributed by atoms with Crippen LogP contribution in [0.4, 0.5) is 13.2 Å². The van der Waals surface area contributed by atoms with Crippen LogP contribution in [0.5, 0.6) is 0 Å². The van der Waals surface area contributed by atoms with Crippen molar-refractivity contribution in [3.8, 4) is 11.1 Å². The van der Waals surface area contributed by atoms with E-state index in [1.807, 2.05) is 0 Å². The van der Waals surface area contributed by atoms with Crippen molar-refractivity contribution in [3.63, 3.8) is 0 Å². The Bertz CT molecular complexity index is 908. The Morgan fingerprint density at radius 3 is 2.00 bits per heavy atom. The molecular formula is C19H15F3O5. The lowest BCUT2D eigenvalue weighted by atomic mass is 9.93. The number of benzene rings is 2. The summed E-state index contributed by atoms with van der Waals surface area (Å²) >= 11 is 0. The summed E-state index contributed by atoms with van der Waals surface area (Å²) in [5.41, 5.74) is -0.178. The highest BCUT2D eigenvalue weighted by Crippen LogP contribution is 2.30. The predicted molar refractivity (Wildman–Crippen MR) is 88.9 cm³/mol. The van der Waals surface area contributed by atoms with E-state index in [9.17, 15) is 27.6 Å². The summed E-state index contributed by atoms with van der Waals surface area (Å²) in [6.45, 7) is 0. The van der Waals surface area contributed by atoms with Crippen LogP contribution in [-0.2, 0) is 16.0 Å². The Morgan fingerprint density at radius 1 is 0.741 bits per heavy atom. The first-order valence-corrected chi connectivity index (χ1v) is 7.93. The molecule has 0 aromatic heterocycles. The number of hydrogen-bond acceptors (Lipinski definition) is 3. The summed E-state index contributed by atoms with van der Waals surface area (Å²) in [7, 11) is 0. The van der Waals surface area contributed by atoms with E-state index in [0.717, 1.165) is 24.3 Å². The van der Waals surface area contributed by atoms with E-state index in [1.165, 1.54) is 6.07 Å². The van der Waals surface area contributed by atoms with E-state index in [0.29, 0.717) is 0 Å². The van der Waals surface area contributed by atoms with E-state index in [-0.39, 0.29) is 41.5 Å². The van der Waals surface area contributed by atoms with Crippen LogP contribution < -0.4 is 0 Å². The largest absolute Gasteiger partial charge is 0.481 e. The highest BCUT2D eigenvalue weighted by atomic mass is 19.2. The molecule has 2 rings (SSSR count). The van der Waals surface area contributed by atoms with Crippen molar-refractivity contribution < 1.29 is 37.8 Å². The lowest BCUT2D eigenvalue weighted by Gasteiger charge is -2.12. The van der Waals surface area contributed by atoms with Crippen LogP contribution in [0.25, 0.3) is 11.1 Å². The zero-order chi connectivity index (χ0) is 20.1.